The topological polar surface area (TPSA) is 92.4 Å². The molecule has 7 heteroatoms. The van der Waals surface area contributed by atoms with Gasteiger partial charge in [-0.15, -0.1) is 0 Å². The number of rotatable bonds is 3. The number of carbonyl (C=O) groups is 2. The van der Waals surface area contributed by atoms with Crippen LogP contribution in [0.1, 0.15) is 10.4 Å². The van der Waals surface area contributed by atoms with Gasteiger partial charge in [0.05, 0.1) is 22.8 Å². The van der Waals surface area contributed by atoms with E-state index in [-0.39, 0.29) is 27.8 Å². The number of halogens is 2. The second kappa shape index (κ2) is 5.16. The van der Waals surface area contributed by atoms with Crippen LogP contribution in [-0.2, 0) is 4.79 Å². The van der Waals surface area contributed by atoms with Crippen LogP contribution >= 0.6 is 23.2 Å². The zero-order valence-electron chi connectivity index (χ0n) is 7.96. The van der Waals surface area contributed by atoms with E-state index in [0.717, 1.165) is 0 Å². The molecular formula is C9H8Cl2N2O3. The second-order valence-electron chi connectivity index (χ2n) is 2.87. The van der Waals surface area contributed by atoms with Gasteiger partial charge >= 0.3 is 5.97 Å². The number of amides is 1. The maximum atomic E-state index is 11.1. The van der Waals surface area contributed by atoms with E-state index in [4.69, 9.17) is 34.0 Å². The number of carboxylic acid groups (broad SMARTS) is 1. The molecule has 0 radical (unpaired) electrons. The fourth-order valence-corrected chi connectivity index (χ4v) is 1.60. The number of nitrogens with one attached hydrogen (secondary N) is 1. The lowest BCUT2D eigenvalue weighted by Gasteiger charge is -2.10. The first kappa shape index (κ1) is 12.8. The summed E-state index contributed by atoms with van der Waals surface area (Å²) in [6, 6.07) is 2.53. The number of benzene rings is 1. The van der Waals surface area contributed by atoms with Gasteiger partial charge in [-0.1, -0.05) is 23.2 Å². The van der Waals surface area contributed by atoms with Crippen LogP contribution in [0.15, 0.2) is 12.1 Å². The molecule has 0 saturated carbocycles. The molecule has 0 bridgehead atoms. The van der Waals surface area contributed by atoms with Crippen LogP contribution < -0.4 is 11.1 Å². The Morgan fingerprint density at radius 3 is 2.50 bits per heavy atom. The van der Waals surface area contributed by atoms with Crippen LogP contribution in [0.4, 0.5) is 5.69 Å². The fourth-order valence-electron chi connectivity index (χ4n) is 1.06. The van der Waals surface area contributed by atoms with E-state index in [1.54, 1.807) is 0 Å². The van der Waals surface area contributed by atoms with Gasteiger partial charge in [0, 0.05) is 5.02 Å². The molecule has 86 valence electrons. The van der Waals surface area contributed by atoms with Gasteiger partial charge in [0.15, 0.2) is 0 Å². The van der Waals surface area contributed by atoms with Crippen molar-refractivity contribution in [2.45, 2.75) is 0 Å². The predicted molar refractivity (Wildman–Crippen MR) is 61.1 cm³/mol. The molecule has 0 fully saturated rings. The predicted octanol–water partition coefficient (Wildman–Crippen LogP) is 1.59. The van der Waals surface area contributed by atoms with Crippen LogP contribution in [-0.4, -0.2) is 23.5 Å². The van der Waals surface area contributed by atoms with E-state index in [2.05, 4.69) is 5.32 Å². The maximum absolute atomic E-state index is 11.1. The summed E-state index contributed by atoms with van der Waals surface area (Å²) >= 11 is 11.4. The highest BCUT2D eigenvalue weighted by Gasteiger charge is 2.16. The van der Waals surface area contributed by atoms with Gasteiger partial charge in [-0.3, -0.25) is 4.79 Å². The number of carbonyl (C=O) groups excluding carboxylic acids is 1. The first-order valence-corrected chi connectivity index (χ1v) is 4.93. The van der Waals surface area contributed by atoms with E-state index in [1.165, 1.54) is 12.1 Å². The Balaban J connectivity index is 3.24. The highest BCUT2D eigenvalue weighted by Crippen LogP contribution is 2.30. The molecule has 0 saturated heterocycles. The van der Waals surface area contributed by atoms with Gasteiger partial charge in [-0.25, -0.2) is 4.79 Å². The molecule has 1 aromatic rings. The van der Waals surface area contributed by atoms with Crippen molar-refractivity contribution < 1.29 is 14.7 Å². The third-order valence-electron chi connectivity index (χ3n) is 1.74. The fraction of sp³-hybridized carbons (Fsp3) is 0.111. The monoisotopic (exact) mass is 262 g/mol. The number of carboxylic acids is 1. The molecule has 1 aromatic carbocycles. The lowest BCUT2D eigenvalue weighted by molar-refractivity contribution is -0.114. The minimum absolute atomic E-state index is 0.00554. The molecule has 0 atom stereocenters. The van der Waals surface area contributed by atoms with Gasteiger partial charge in [0.25, 0.3) is 0 Å². The minimum Gasteiger partial charge on any atom is -0.478 e. The lowest BCUT2D eigenvalue weighted by Crippen LogP contribution is -2.23. The standard InChI is InChI=1S/C9H8Cl2N2O3/c10-4-1-5(9(15)16)8(6(11)2-4)13-7(14)3-12/h1-2H,3,12H2,(H,13,14)(H,15,16). The molecule has 4 N–H and O–H groups in total. The zero-order chi connectivity index (χ0) is 12.3. The van der Waals surface area contributed by atoms with Crippen molar-refractivity contribution in [3.05, 3.63) is 27.7 Å². The Hall–Kier alpha value is -1.30. The van der Waals surface area contributed by atoms with E-state index in [0.29, 0.717) is 0 Å². The quantitative estimate of drug-likeness (QED) is 0.772. The summed E-state index contributed by atoms with van der Waals surface area (Å²) in [6.07, 6.45) is 0. The SMILES string of the molecule is NCC(=O)Nc1c(Cl)cc(Cl)cc1C(=O)O. The number of nitrogens with two attached hydrogens (primary N) is 1. The first-order chi connectivity index (χ1) is 7.45. The van der Waals surface area contributed by atoms with Gasteiger partial charge in [-0.05, 0) is 12.1 Å². The highest BCUT2D eigenvalue weighted by molar-refractivity contribution is 6.37. The van der Waals surface area contributed by atoms with Crippen molar-refractivity contribution in [3.8, 4) is 0 Å². The van der Waals surface area contributed by atoms with Crippen LogP contribution in [0.5, 0.6) is 0 Å². The summed E-state index contributed by atoms with van der Waals surface area (Å²) in [6.45, 7) is -0.266. The van der Waals surface area contributed by atoms with Crippen molar-refractivity contribution in [2.75, 3.05) is 11.9 Å². The van der Waals surface area contributed by atoms with E-state index in [1.807, 2.05) is 0 Å². The summed E-state index contributed by atoms with van der Waals surface area (Å²) < 4.78 is 0. The summed E-state index contributed by atoms with van der Waals surface area (Å²) in [7, 11) is 0. The van der Waals surface area contributed by atoms with E-state index >= 15 is 0 Å². The molecule has 0 spiro atoms. The van der Waals surface area contributed by atoms with Gasteiger partial charge in [0.1, 0.15) is 0 Å². The summed E-state index contributed by atoms with van der Waals surface area (Å²) in [5, 5.41) is 11.4. The molecule has 5 nitrogen and oxygen atoms in total. The molecule has 0 aliphatic rings. The number of hydrogen-bond donors (Lipinski definition) is 3. The molecule has 1 rings (SSSR count). The second-order valence-corrected chi connectivity index (χ2v) is 3.71. The molecule has 0 aromatic heterocycles. The van der Waals surface area contributed by atoms with Crippen molar-refractivity contribution in [1.29, 1.82) is 0 Å². The minimum atomic E-state index is -1.24. The van der Waals surface area contributed by atoms with Crippen molar-refractivity contribution in [3.63, 3.8) is 0 Å². The third-order valence-corrected chi connectivity index (χ3v) is 2.25. The average Bonchev–Trinajstić information content (AvgIpc) is 2.20. The summed E-state index contributed by atoms with van der Waals surface area (Å²) in [5.41, 5.74) is 4.91. The normalized spacial score (nSPS) is 9.94. The zero-order valence-corrected chi connectivity index (χ0v) is 9.47. The molecule has 0 aliphatic heterocycles. The Morgan fingerprint density at radius 1 is 1.38 bits per heavy atom. The molecule has 0 heterocycles. The summed E-state index contributed by atoms with van der Waals surface area (Å²) in [5.74, 6) is -1.77. The Morgan fingerprint density at radius 2 is 2.00 bits per heavy atom. The Labute approximate surface area is 101 Å². The van der Waals surface area contributed by atoms with Crippen LogP contribution in [0.25, 0.3) is 0 Å². The molecule has 16 heavy (non-hydrogen) atoms. The van der Waals surface area contributed by atoms with E-state index in [9.17, 15) is 9.59 Å². The van der Waals surface area contributed by atoms with Crippen molar-refractivity contribution in [1.82, 2.24) is 0 Å². The average molecular weight is 263 g/mol. The smallest absolute Gasteiger partial charge is 0.337 e. The molecule has 0 aliphatic carbocycles. The highest BCUT2D eigenvalue weighted by atomic mass is 35.5. The summed E-state index contributed by atoms with van der Waals surface area (Å²) in [4.78, 5) is 22.0. The number of anilines is 1. The van der Waals surface area contributed by atoms with Crippen LogP contribution in [0.2, 0.25) is 10.0 Å². The number of hydrogen-bond acceptors (Lipinski definition) is 3. The Bertz CT molecular complexity index is 449. The maximum Gasteiger partial charge on any atom is 0.337 e. The van der Waals surface area contributed by atoms with Crippen molar-refractivity contribution in [2.24, 2.45) is 5.73 Å². The largest absolute Gasteiger partial charge is 0.478 e. The number of aromatic carboxylic acids is 1. The van der Waals surface area contributed by atoms with Crippen LogP contribution in [0.3, 0.4) is 0 Å². The first-order valence-electron chi connectivity index (χ1n) is 4.18. The van der Waals surface area contributed by atoms with Crippen LogP contribution in [0, 0.1) is 0 Å². The lowest BCUT2D eigenvalue weighted by atomic mass is 10.1. The van der Waals surface area contributed by atoms with Gasteiger partial charge < -0.3 is 16.2 Å². The molecule has 1 amide bonds. The van der Waals surface area contributed by atoms with Crippen molar-refractivity contribution >= 4 is 40.8 Å². The van der Waals surface area contributed by atoms with E-state index < -0.39 is 11.9 Å². The molecule has 0 unspecified atom stereocenters. The van der Waals surface area contributed by atoms with Gasteiger partial charge in [-0.2, -0.15) is 0 Å². The third kappa shape index (κ3) is 2.85. The molecular weight excluding hydrogens is 255 g/mol. The van der Waals surface area contributed by atoms with Gasteiger partial charge in [0.2, 0.25) is 5.91 Å². The Kier molecular flexibility index (Phi) is 4.12.